The fourth-order valence-corrected chi connectivity index (χ4v) is 3.43. The Morgan fingerprint density at radius 2 is 1.04 bits per heavy atom. The second kappa shape index (κ2) is 14.7. The lowest BCUT2D eigenvalue weighted by atomic mass is 10.1. The molecule has 0 unspecified atom stereocenters. The summed E-state index contributed by atoms with van der Waals surface area (Å²) in [5.41, 5.74) is 1.63. The van der Waals surface area contributed by atoms with Crippen LogP contribution in [0.1, 0.15) is 65.2 Å². The summed E-state index contributed by atoms with van der Waals surface area (Å²) < 4.78 is 0. The van der Waals surface area contributed by atoms with Crippen LogP contribution in [0.3, 0.4) is 0 Å². The standard InChI is InChI=1S/C22H34Cl2N2O2/c1-3-5-7-9-15-25(21(27)17-23)19-11-13-20(14-12-19)26(22(28)18-24)16-10-8-6-4-2/h11-14H,3-10,15-18H2,1-2H3. The molecule has 0 aliphatic heterocycles. The molecule has 2 amide bonds. The third-order valence-corrected chi connectivity index (χ3v) is 5.23. The van der Waals surface area contributed by atoms with E-state index in [4.69, 9.17) is 23.2 Å². The highest BCUT2D eigenvalue weighted by Gasteiger charge is 2.17. The van der Waals surface area contributed by atoms with Crippen molar-refractivity contribution in [3.8, 4) is 0 Å². The molecule has 1 aromatic carbocycles. The number of carbonyl (C=O) groups excluding carboxylic acids is 2. The first-order valence-corrected chi connectivity index (χ1v) is 11.5. The molecular formula is C22H34Cl2N2O2. The highest BCUT2D eigenvalue weighted by molar-refractivity contribution is 6.29. The van der Waals surface area contributed by atoms with Gasteiger partial charge < -0.3 is 9.80 Å². The van der Waals surface area contributed by atoms with Crippen LogP contribution in [0.4, 0.5) is 11.4 Å². The smallest absolute Gasteiger partial charge is 0.241 e. The molecular weight excluding hydrogens is 395 g/mol. The molecule has 0 radical (unpaired) electrons. The summed E-state index contributed by atoms with van der Waals surface area (Å²) in [5.74, 6) is -0.272. The van der Waals surface area contributed by atoms with Crippen molar-refractivity contribution < 1.29 is 9.59 Å². The number of alkyl halides is 2. The van der Waals surface area contributed by atoms with Gasteiger partial charge in [0.1, 0.15) is 11.8 Å². The largest absolute Gasteiger partial charge is 0.311 e. The van der Waals surface area contributed by atoms with Crippen molar-refractivity contribution in [2.45, 2.75) is 65.2 Å². The van der Waals surface area contributed by atoms with E-state index in [1.165, 1.54) is 0 Å². The maximum absolute atomic E-state index is 12.3. The molecule has 0 saturated heterocycles. The van der Waals surface area contributed by atoms with Gasteiger partial charge in [-0.15, -0.1) is 23.2 Å². The first-order chi connectivity index (χ1) is 13.6. The monoisotopic (exact) mass is 428 g/mol. The van der Waals surface area contributed by atoms with Crippen molar-refractivity contribution in [3.63, 3.8) is 0 Å². The number of halogens is 2. The predicted molar refractivity (Wildman–Crippen MR) is 121 cm³/mol. The molecule has 0 saturated carbocycles. The molecule has 28 heavy (non-hydrogen) atoms. The number of hydrogen-bond donors (Lipinski definition) is 0. The molecule has 0 atom stereocenters. The zero-order chi connectivity index (χ0) is 20.8. The summed E-state index contributed by atoms with van der Waals surface area (Å²) in [7, 11) is 0. The van der Waals surface area contributed by atoms with Gasteiger partial charge in [0, 0.05) is 24.5 Å². The molecule has 0 aromatic heterocycles. The minimum atomic E-state index is -0.0980. The Hall–Kier alpha value is -1.26. The van der Waals surface area contributed by atoms with E-state index in [-0.39, 0.29) is 23.6 Å². The quantitative estimate of drug-likeness (QED) is 0.269. The highest BCUT2D eigenvalue weighted by atomic mass is 35.5. The van der Waals surface area contributed by atoms with Gasteiger partial charge in [0.25, 0.3) is 0 Å². The van der Waals surface area contributed by atoms with E-state index >= 15 is 0 Å². The van der Waals surface area contributed by atoms with Gasteiger partial charge in [-0.2, -0.15) is 0 Å². The normalized spacial score (nSPS) is 10.7. The summed E-state index contributed by atoms with van der Waals surface area (Å²) in [6.07, 6.45) is 8.72. The number of nitrogens with zero attached hydrogens (tertiary/aromatic N) is 2. The van der Waals surface area contributed by atoms with Gasteiger partial charge in [-0.05, 0) is 37.1 Å². The number of unbranched alkanes of at least 4 members (excludes halogenated alkanes) is 6. The zero-order valence-corrected chi connectivity index (χ0v) is 18.8. The van der Waals surface area contributed by atoms with Crippen LogP contribution >= 0.6 is 23.2 Å². The van der Waals surface area contributed by atoms with Crippen molar-refractivity contribution in [2.24, 2.45) is 0 Å². The average Bonchev–Trinajstić information content (AvgIpc) is 2.73. The first-order valence-electron chi connectivity index (χ1n) is 10.4. The van der Waals surface area contributed by atoms with Crippen LogP contribution in [0.25, 0.3) is 0 Å². The first kappa shape index (κ1) is 24.8. The van der Waals surface area contributed by atoms with Crippen molar-refractivity contribution in [3.05, 3.63) is 24.3 Å². The Bertz CT molecular complexity index is 527. The maximum Gasteiger partial charge on any atom is 0.241 e. The zero-order valence-electron chi connectivity index (χ0n) is 17.3. The number of benzene rings is 1. The third kappa shape index (κ3) is 8.40. The third-order valence-electron chi connectivity index (χ3n) is 4.77. The van der Waals surface area contributed by atoms with Crippen LogP contribution in [0, 0.1) is 0 Å². The number of rotatable bonds is 14. The van der Waals surface area contributed by atoms with Gasteiger partial charge in [0.2, 0.25) is 11.8 Å². The SMILES string of the molecule is CCCCCCN(C(=O)CCl)c1ccc(N(CCCCCC)C(=O)CCl)cc1. The molecule has 4 nitrogen and oxygen atoms in total. The van der Waals surface area contributed by atoms with Crippen LogP contribution in [-0.2, 0) is 9.59 Å². The summed E-state index contributed by atoms with van der Waals surface area (Å²) in [4.78, 5) is 28.0. The topological polar surface area (TPSA) is 40.6 Å². The van der Waals surface area contributed by atoms with Gasteiger partial charge in [-0.3, -0.25) is 9.59 Å². The number of anilines is 2. The van der Waals surface area contributed by atoms with Crippen molar-refractivity contribution in [1.82, 2.24) is 0 Å². The highest BCUT2D eigenvalue weighted by Crippen LogP contribution is 2.23. The summed E-state index contributed by atoms with van der Waals surface area (Å²) in [6, 6.07) is 7.56. The van der Waals surface area contributed by atoms with Crippen LogP contribution in [0.15, 0.2) is 24.3 Å². The molecule has 0 N–H and O–H groups in total. The van der Waals surface area contributed by atoms with Crippen LogP contribution < -0.4 is 9.80 Å². The fourth-order valence-electron chi connectivity index (χ4n) is 3.15. The van der Waals surface area contributed by atoms with Crippen molar-refractivity contribution in [2.75, 3.05) is 34.6 Å². The molecule has 6 heteroatoms. The van der Waals surface area contributed by atoms with E-state index in [1.54, 1.807) is 9.80 Å². The summed E-state index contributed by atoms with van der Waals surface area (Å²) in [5, 5.41) is 0. The molecule has 0 fully saturated rings. The number of carbonyl (C=O) groups is 2. The molecule has 1 aromatic rings. The van der Waals surface area contributed by atoms with Gasteiger partial charge in [-0.1, -0.05) is 52.4 Å². The molecule has 0 aliphatic rings. The van der Waals surface area contributed by atoms with E-state index < -0.39 is 0 Å². The Balaban J connectivity index is 2.86. The minimum Gasteiger partial charge on any atom is -0.311 e. The van der Waals surface area contributed by atoms with E-state index in [1.807, 2.05) is 24.3 Å². The molecule has 0 aliphatic carbocycles. The lowest BCUT2D eigenvalue weighted by molar-refractivity contribution is -0.117. The van der Waals surface area contributed by atoms with Gasteiger partial charge >= 0.3 is 0 Å². The van der Waals surface area contributed by atoms with Gasteiger partial charge in [0.15, 0.2) is 0 Å². The Morgan fingerprint density at radius 1 is 0.679 bits per heavy atom. The second-order valence-corrected chi connectivity index (χ2v) is 7.53. The maximum atomic E-state index is 12.3. The van der Waals surface area contributed by atoms with E-state index in [9.17, 15) is 9.59 Å². The van der Waals surface area contributed by atoms with Crippen molar-refractivity contribution >= 4 is 46.4 Å². The molecule has 0 heterocycles. The van der Waals surface area contributed by atoms with Crippen LogP contribution in [0.2, 0.25) is 0 Å². The Kier molecular flexibility index (Phi) is 13.0. The summed E-state index contributed by atoms with van der Waals surface area (Å²) in [6.45, 7) is 5.64. The molecule has 0 bridgehead atoms. The van der Waals surface area contributed by atoms with E-state index in [2.05, 4.69) is 13.8 Å². The number of hydrogen-bond acceptors (Lipinski definition) is 2. The molecule has 0 spiro atoms. The van der Waals surface area contributed by atoms with Crippen LogP contribution in [0.5, 0.6) is 0 Å². The average molecular weight is 429 g/mol. The number of amides is 2. The van der Waals surface area contributed by atoms with Gasteiger partial charge in [-0.25, -0.2) is 0 Å². The predicted octanol–water partition coefficient (Wildman–Crippen LogP) is 5.99. The molecule has 158 valence electrons. The Morgan fingerprint density at radius 3 is 1.32 bits per heavy atom. The van der Waals surface area contributed by atoms with E-state index in [0.29, 0.717) is 13.1 Å². The van der Waals surface area contributed by atoms with E-state index in [0.717, 1.165) is 62.7 Å². The Labute approximate surface area is 180 Å². The molecule has 1 rings (SSSR count). The fraction of sp³-hybridized carbons (Fsp3) is 0.636. The second-order valence-electron chi connectivity index (χ2n) is 7.00. The van der Waals surface area contributed by atoms with Crippen molar-refractivity contribution in [1.29, 1.82) is 0 Å². The summed E-state index contributed by atoms with van der Waals surface area (Å²) >= 11 is 11.6. The minimum absolute atomic E-state index is 0.0379. The van der Waals surface area contributed by atoms with Gasteiger partial charge in [0.05, 0.1) is 0 Å². The lowest BCUT2D eigenvalue weighted by Crippen LogP contribution is -2.34. The van der Waals surface area contributed by atoms with Crippen LogP contribution in [-0.4, -0.2) is 36.7 Å². The lowest BCUT2D eigenvalue weighted by Gasteiger charge is -2.25.